The van der Waals surface area contributed by atoms with E-state index in [9.17, 15) is 9.59 Å². The van der Waals surface area contributed by atoms with Gasteiger partial charge in [-0.2, -0.15) is 0 Å². The van der Waals surface area contributed by atoms with Crippen LogP contribution in [0.2, 0.25) is 0 Å². The van der Waals surface area contributed by atoms with E-state index < -0.39 is 11.9 Å². The van der Waals surface area contributed by atoms with Crippen LogP contribution in [0.25, 0.3) is 21.5 Å². The number of benzene rings is 3. The molecule has 0 heterocycles. The molecule has 3 aromatic rings. The number of hydrogen-bond donors (Lipinski definition) is 0. The van der Waals surface area contributed by atoms with Gasteiger partial charge in [0.15, 0.2) is 13.2 Å². The molecule has 0 aromatic heterocycles. The highest BCUT2D eigenvalue weighted by atomic mass is 16.6. The van der Waals surface area contributed by atoms with Crippen molar-refractivity contribution in [3.63, 3.8) is 0 Å². The topological polar surface area (TPSA) is 71.1 Å². The summed E-state index contributed by atoms with van der Waals surface area (Å²) in [6.07, 6.45) is 5.87. The van der Waals surface area contributed by atoms with Gasteiger partial charge in [-0.15, -0.1) is 0 Å². The molecule has 0 bridgehead atoms. The van der Waals surface area contributed by atoms with Gasteiger partial charge in [0, 0.05) is 21.5 Å². The van der Waals surface area contributed by atoms with Crippen LogP contribution < -0.4 is 9.47 Å². The van der Waals surface area contributed by atoms with Crippen molar-refractivity contribution < 1.29 is 28.5 Å². The standard InChI is InChI=1S/C30H38O6/c1-5-7-9-15-33-27(31)19-35-29-23-13-11-22(4)18-26(23)30(24-14-12-21(3)17-25(24)29)36-20-28(32)34-16-10-8-6-2/h11-14,17-18H,5-10,15-16,19-20H2,1-4H3. The summed E-state index contributed by atoms with van der Waals surface area (Å²) in [4.78, 5) is 24.6. The van der Waals surface area contributed by atoms with Gasteiger partial charge in [-0.3, -0.25) is 0 Å². The quantitative estimate of drug-likeness (QED) is 0.139. The van der Waals surface area contributed by atoms with E-state index in [-0.39, 0.29) is 13.2 Å². The van der Waals surface area contributed by atoms with Gasteiger partial charge in [-0.25, -0.2) is 9.59 Å². The van der Waals surface area contributed by atoms with E-state index in [4.69, 9.17) is 18.9 Å². The van der Waals surface area contributed by atoms with Gasteiger partial charge in [0.1, 0.15) is 11.5 Å². The Balaban J connectivity index is 1.90. The average Bonchev–Trinajstić information content (AvgIpc) is 2.86. The number of unbranched alkanes of at least 4 members (excludes halogenated alkanes) is 4. The minimum absolute atomic E-state index is 0.178. The Bertz CT molecular complexity index is 1090. The Morgan fingerprint density at radius 2 is 1.03 bits per heavy atom. The molecule has 3 rings (SSSR count). The molecular weight excluding hydrogens is 456 g/mol. The normalized spacial score (nSPS) is 11.0. The van der Waals surface area contributed by atoms with Gasteiger partial charge in [-0.1, -0.05) is 74.9 Å². The second kappa shape index (κ2) is 13.7. The highest BCUT2D eigenvalue weighted by molar-refractivity contribution is 6.11. The minimum Gasteiger partial charge on any atom is -0.481 e. The van der Waals surface area contributed by atoms with E-state index in [1.807, 2.05) is 50.2 Å². The number of hydrogen-bond acceptors (Lipinski definition) is 6. The predicted octanol–water partition coefficient (Wildman–Crippen LogP) is 6.83. The molecule has 6 heteroatoms. The Labute approximate surface area is 213 Å². The van der Waals surface area contributed by atoms with E-state index in [1.54, 1.807) is 0 Å². The van der Waals surface area contributed by atoms with Crippen molar-refractivity contribution in [2.75, 3.05) is 26.4 Å². The third kappa shape index (κ3) is 7.36. The number of fused-ring (bicyclic) bond motifs is 2. The Hall–Kier alpha value is -3.28. The lowest BCUT2D eigenvalue weighted by Crippen LogP contribution is -2.17. The zero-order valence-corrected chi connectivity index (χ0v) is 22.0. The van der Waals surface area contributed by atoms with Crippen molar-refractivity contribution >= 4 is 33.5 Å². The van der Waals surface area contributed by atoms with E-state index in [0.717, 1.165) is 71.2 Å². The third-order valence-electron chi connectivity index (χ3n) is 6.02. The number of carbonyl (C=O) groups excluding carboxylic acids is 2. The van der Waals surface area contributed by atoms with Crippen molar-refractivity contribution in [2.45, 2.75) is 66.2 Å². The van der Waals surface area contributed by atoms with Crippen LogP contribution in [0.3, 0.4) is 0 Å². The molecule has 0 atom stereocenters. The lowest BCUT2D eigenvalue weighted by atomic mass is 9.98. The monoisotopic (exact) mass is 494 g/mol. The maximum absolute atomic E-state index is 12.3. The predicted molar refractivity (Wildman–Crippen MR) is 143 cm³/mol. The molecule has 0 spiro atoms. The fraction of sp³-hybridized carbons (Fsp3) is 0.467. The molecule has 0 radical (unpaired) electrons. The van der Waals surface area contributed by atoms with E-state index in [2.05, 4.69) is 13.8 Å². The molecule has 194 valence electrons. The minimum atomic E-state index is -0.390. The molecule has 0 N–H and O–H groups in total. The molecule has 0 unspecified atom stereocenters. The van der Waals surface area contributed by atoms with Crippen molar-refractivity contribution in [1.29, 1.82) is 0 Å². The van der Waals surface area contributed by atoms with Crippen LogP contribution >= 0.6 is 0 Å². The summed E-state index contributed by atoms with van der Waals surface area (Å²) >= 11 is 0. The summed E-state index contributed by atoms with van der Waals surface area (Å²) in [5.74, 6) is 0.420. The average molecular weight is 495 g/mol. The highest BCUT2D eigenvalue weighted by Crippen LogP contribution is 2.43. The van der Waals surface area contributed by atoms with Gasteiger partial charge < -0.3 is 18.9 Å². The number of rotatable bonds is 14. The fourth-order valence-electron chi connectivity index (χ4n) is 4.11. The Kier molecular flexibility index (Phi) is 10.4. The second-order valence-corrected chi connectivity index (χ2v) is 9.19. The van der Waals surface area contributed by atoms with Crippen LogP contribution in [0.15, 0.2) is 36.4 Å². The summed E-state index contributed by atoms with van der Waals surface area (Å²) < 4.78 is 22.8. The van der Waals surface area contributed by atoms with Crippen molar-refractivity contribution in [3.05, 3.63) is 47.5 Å². The fourth-order valence-corrected chi connectivity index (χ4v) is 4.11. The SMILES string of the molecule is CCCCCOC(=O)COc1c2ccc(C)cc2c(OCC(=O)OCCCCC)c2ccc(C)cc12. The summed E-state index contributed by atoms with van der Waals surface area (Å²) in [5.41, 5.74) is 2.09. The van der Waals surface area contributed by atoms with Crippen LogP contribution in [0, 0.1) is 13.8 Å². The van der Waals surface area contributed by atoms with Gasteiger partial charge in [0.25, 0.3) is 0 Å². The molecule has 0 aliphatic carbocycles. The maximum Gasteiger partial charge on any atom is 0.344 e. The summed E-state index contributed by atoms with van der Waals surface area (Å²) in [7, 11) is 0. The molecule has 0 saturated carbocycles. The number of carbonyl (C=O) groups is 2. The maximum atomic E-state index is 12.3. The van der Waals surface area contributed by atoms with Crippen molar-refractivity contribution in [3.8, 4) is 11.5 Å². The molecule has 3 aromatic carbocycles. The first kappa shape index (κ1) is 27.3. The lowest BCUT2D eigenvalue weighted by Gasteiger charge is -2.18. The molecular formula is C30H38O6. The molecule has 0 aliphatic rings. The Morgan fingerprint density at radius 3 is 1.42 bits per heavy atom. The van der Waals surface area contributed by atoms with Crippen molar-refractivity contribution in [2.24, 2.45) is 0 Å². The summed E-state index contributed by atoms with van der Waals surface area (Å²) in [5, 5.41) is 3.25. The second-order valence-electron chi connectivity index (χ2n) is 9.19. The molecule has 0 aliphatic heterocycles. The van der Waals surface area contributed by atoms with Crippen molar-refractivity contribution in [1.82, 2.24) is 0 Å². The number of aryl methyl sites for hydroxylation is 2. The van der Waals surface area contributed by atoms with E-state index in [1.165, 1.54) is 0 Å². The van der Waals surface area contributed by atoms with Crippen LogP contribution in [0.4, 0.5) is 0 Å². The molecule has 0 amide bonds. The molecule has 6 nitrogen and oxygen atoms in total. The third-order valence-corrected chi connectivity index (χ3v) is 6.02. The first-order valence-corrected chi connectivity index (χ1v) is 13.0. The molecule has 0 fully saturated rings. The van der Waals surface area contributed by atoms with Crippen LogP contribution in [-0.4, -0.2) is 38.4 Å². The van der Waals surface area contributed by atoms with Gasteiger partial charge in [0.2, 0.25) is 0 Å². The molecule has 36 heavy (non-hydrogen) atoms. The van der Waals surface area contributed by atoms with E-state index in [0.29, 0.717) is 24.7 Å². The zero-order chi connectivity index (χ0) is 25.9. The smallest absolute Gasteiger partial charge is 0.344 e. The van der Waals surface area contributed by atoms with Gasteiger partial charge in [0.05, 0.1) is 13.2 Å². The number of esters is 2. The number of ether oxygens (including phenoxy) is 4. The zero-order valence-electron chi connectivity index (χ0n) is 22.0. The summed E-state index contributed by atoms with van der Waals surface area (Å²) in [6, 6.07) is 11.9. The Morgan fingerprint density at radius 1 is 0.611 bits per heavy atom. The van der Waals surface area contributed by atoms with Crippen LogP contribution in [0.1, 0.15) is 63.5 Å². The van der Waals surface area contributed by atoms with Gasteiger partial charge >= 0.3 is 11.9 Å². The van der Waals surface area contributed by atoms with Crippen LogP contribution in [-0.2, 0) is 19.1 Å². The summed E-state index contributed by atoms with van der Waals surface area (Å²) in [6.45, 7) is 8.65. The molecule has 0 saturated heterocycles. The lowest BCUT2D eigenvalue weighted by molar-refractivity contribution is -0.147. The first-order valence-electron chi connectivity index (χ1n) is 13.0. The van der Waals surface area contributed by atoms with Gasteiger partial charge in [-0.05, 0) is 38.8 Å². The first-order chi connectivity index (χ1) is 17.4. The van der Waals surface area contributed by atoms with E-state index >= 15 is 0 Å². The van der Waals surface area contributed by atoms with Crippen LogP contribution in [0.5, 0.6) is 11.5 Å². The largest absolute Gasteiger partial charge is 0.481 e. The highest BCUT2D eigenvalue weighted by Gasteiger charge is 2.19.